The number of nitrogen functional groups attached to an aromatic ring is 1. The van der Waals surface area contributed by atoms with Crippen LogP contribution in [0.15, 0.2) is 4.42 Å². The van der Waals surface area contributed by atoms with Crippen LogP contribution in [0.25, 0.3) is 0 Å². The zero-order chi connectivity index (χ0) is 13.3. The first kappa shape index (κ1) is 11.7. The minimum atomic E-state index is 0.410. The highest BCUT2D eigenvalue weighted by molar-refractivity contribution is 5.52. The van der Waals surface area contributed by atoms with Gasteiger partial charge in [0.2, 0.25) is 0 Å². The zero-order valence-electron chi connectivity index (χ0n) is 12.3. The average Bonchev–Trinajstić information content (AvgIpc) is 2.73. The molecule has 0 atom stereocenters. The Kier molecular flexibility index (Phi) is 2.25. The van der Waals surface area contributed by atoms with Gasteiger partial charge in [0, 0.05) is 17.4 Å². The van der Waals surface area contributed by atoms with E-state index < -0.39 is 0 Å². The molecule has 2 nitrogen and oxygen atoms in total. The minimum absolute atomic E-state index is 0.410. The van der Waals surface area contributed by atoms with Gasteiger partial charge in [-0.25, -0.2) is 0 Å². The molecule has 0 saturated heterocycles. The first-order valence-electron chi connectivity index (χ1n) is 8.64. The molecule has 2 heteroatoms. The molecule has 0 radical (unpaired) electrons. The third kappa shape index (κ3) is 1.46. The molecule has 0 aliphatic heterocycles. The van der Waals surface area contributed by atoms with E-state index in [4.69, 9.17) is 10.2 Å². The Morgan fingerprint density at radius 3 is 2.15 bits per heavy atom. The molecule has 5 aliphatic carbocycles. The summed E-state index contributed by atoms with van der Waals surface area (Å²) < 4.78 is 6.00. The molecule has 1 aromatic rings. The maximum Gasteiger partial charge on any atom is 0.194 e. The summed E-state index contributed by atoms with van der Waals surface area (Å²) in [6, 6.07) is 0. The maximum absolute atomic E-state index is 6.38. The van der Waals surface area contributed by atoms with Crippen molar-refractivity contribution in [3.63, 3.8) is 0 Å². The zero-order valence-corrected chi connectivity index (χ0v) is 12.3. The highest BCUT2D eigenvalue weighted by Crippen LogP contribution is 2.62. The Bertz CT molecular complexity index is 521. The fraction of sp³-hybridized carbons (Fsp3) is 0.778. The van der Waals surface area contributed by atoms with E-state index in [1.54, 1.807) is 0 Å². The Labute approximate surface area is 121 Å². The average molecular weight is 271 g/mol. The molecule has 4 bridgehead atoms. The molecular weight excluding hydrogens is 246 g/mol. The van der Waals surface area contributed by atoms with Gasteiger partial charge in [-0.15, -0.1) is 0 Å². The van der Waals surface area contributed by atoms with Crippen LogP contribution in [0.5, 0.6) is 0 Å². The van der Waals surface area contributed by atoms with Crippen molar-refractivity contribution in [2.24, 2.45) is 17.8 Å². The standard InChI is InChI=1S/C18H25NO/c19-17-16(14-3-1-2-4-15(14)20-17)18-8-11-5-12(9-18)7-13(6-11)10-18/h11-13H,1-10,19H2. The summed E-state index contributed by atoms with van der Waals surface area (Å²) in [5.74, 6) is 4.97. The number of nitrogens with two attached hydrogens (primary N) is 1. The molecule has 20 heavy (non-hydrogen) atoms. The smallest absolute Gasteiger partial charge is 0.194 e. The van der Waals surface area contributed by atoms with Crippen LogP contribution in [-0.4, -0.2) is 0 Å². The molecule has 0 aromatic carbocycles. The lowest BCUT2D eigenvalue weighted by atomic mass is 9.47. The van der Waals surface area contributed by atoms with Gasteiger partial charge in [-0.05, 0) is 81.1 Å². The summed E-state index contributed by atoms with van der Waals surface area (Å²) in [6.45, 7) is 0. The Morgan fingerprint density at radius 1 is 0.900 bits per heavy atom. The summed E-state index contributed by atoms with van der Waals surface area (Å²) in [5, 5.41) is 0. The van der Waals surface area contributed by atoms with E-state index in [1.165, 1.54) is 74.7 Å². The monoisotopic (exact) mass is 271 g/mol. The second kappa shape index (κ2) is 3.84. The predicted molar refractivity (Wildman–Crippen MR) is 79.6 cm³/mol. The third-order valence-electron chi connectivity index (χ3n) is 6.77. The SMILES string of the molecule is Nc1oc2c(c1C13CC4CC(CC(C4)C1)C3)CCCC2. The molecule has 6 rings (SSSR count). The van der Waals surface area contributed by atoms with E-state index >= 15 is 0 Å². The first-order valence-corrected chi connectivity index (χ1v) is 8.64. The summed E-state index contributed by atoms with van der Waals surface area (Å²) in [5.41, 5.74) is 9.82. The van der Waals surface area contributed by atoms with Gasteiger partial charge < -0.3 is 10.2 Å². The number of hydrogen-bond donors (Lipinski definition) is 1. The van der Waals surface area contributed by atoms with Crippen molar-refractivity contribution in [3.8, 4) is 0 Å². The van der Waals surface area contributed by atoms with Crippen LogP contribution < -0.4 is 5.73 Å². The molecule has 4 saturated carbocycles. The molecule has 0 amide bonds. The van der Waals surface area contributed by atoms with Gasteiger partial charge in [0.25, 0.3) is 0 Å². The van der Waals surface area contributed by atoms with Crippen molar-refractivity contribution in [1.29, 1.82) is 0 Å². The fourth-order valence-electron chi connectivity index (χ4n) is 6.59. The second-order valence-electron chi connectivity index (χ2n) is 8.15. The van der Waals surface area contributed by atoms with Crippen molar-refractivity contribution >= 4 is 5.88 Å². The molecule has 108 valence electrons. The van der Waals surface area contributed by atoms with Crippen LogP contribution in [0.4, 0.5) is 5.88 Å². The number of fused-ring (bicyclic) bond motifs is 1. The lowest BCUT2D eigenvalue weighted by Crippen LogP contribution is -2.49. The molecule has 0 unspecified atom stereocenters. The Morgan fingerprint density at radius 2 is 1.50 bits per heavy atom. The number of aryl methyl sites for hydroxylation is 1. The maximum atomic E-state index is 6.38. The van der Waals surface area contributed by atoms with Gasteiger partial charge in [0.1, 0.15) is 5.76 Å². The van der Waals surface area contributed by atoms with Crippen molar-refractivity contribution in [2.75, 3.05) is 5.73 Å². The van der Waals surface area contributed by atoms with Gasteiger partial charge in [-0.1, -0.05) is 0 Å². The van der Waals surface area contributed by atoms with Crippen LogP contribution in [0.1, 0.15) is 68.3 Å². The molecule has 0 spiro atoms. The fourth-order valence-corrected chi connectivity index (χ4v) is 6.59. The Hall–Kier alpha value is -0.920. The predicted octanol–water partition coefficient (Wildman–Crippen LogP) is 4.21. The van der Waals surface area contributed by atoms with Crippen LogP contribution in [0.2, 0.25) is 0 Å². The first-order chi connectivity index (χ1) is 9.73. The molecule has 1 heterocycles. The van der Waals surface area contributed by atoms with Crippen molar-refractivity contribution in [3.05, 3.63) is 16.9 Å². The van der Waals surface area contributed by atoms with E-state index in [2.05, 4.69) is 0 Å². The topological polar surface area (TPSA) is 39.2 Å². The molecule has 5 aliphatic rings. The molecular formula is C18H25NO. The van der Waals surface area contributed by atoms with Gasteiger partial charge in [0.15, 0.2) is 5.88 Å². The van der Waals surface area contributed by atoms with E-state index in [1.807, 2.05) is 0 Å². The van der Waals surface area contributed by atoms with E-state index in [0.29, 0.717) is 5.41 Å². The minimum Gasteiger partial charge on any atom is -0.445 e. The number of furan rings is 1. The summed E-state index contributed by atoms with van der Waals surface area (Å²) >= 11 is 0. The van der Waals surface area contributed by atoms with E-state index in [9.17, 15) is 0 Å². The summed E-state index contributed by atoms with van der Waals surface area (Å²) in [7, 11) is 0. The van der Waals surface area contributed by atoms with Crippen molar-refractivity contribution in [1.82, 2.24) is 0 Å². The van der Waals surface area contributed by atoms with Gasteiger partial charge in [-0.3, -0.25) is 0 Å². The third-order valence-corrected chi connectivity index (χ3v) is 6.77. The van der Waals surface area contributed by atoms with E-state index in [0.717, 1.165) is 30.1 Å². The van der Waals surface area contributed by atoms with Gasteiger partial charge >= 0.3 is 0 Å². The largest absolute Gasteiger partial charge is 0.445 e. The second-order valence-corrected chi connectivity index (χ2v) is 8.15. The number of anilines is 1. The molecule has 1 aromatic heterocycles. The van der Waals surface area contributed by atoms with Crippen LogP contribution in [-0.2, 0) is 18.3 Å². The quantitative estimate of drug-likeness (QED) is 0.831. The Balaban J connectivity index is 1.64. The number of hydrogen-bond acceptors (Lipinski definition) is 2. The highest BCUT2D eigenvalue weighted by Gasteiger charge is 2.53. The van der Waals surface area contributed by atoms with E-state index in [-0.39, 0.29) is 0 Å². The van der Waals surface area contributed by atoms with Crippen molar-refractivity contribution in [2.45, 2.75) is 69.6 Å². The van der Waals surface area contributed by atoms with Crippen LogP contribution in [0.3, 0.4) is 0 Å². The van der Waals surface area contributed by atoms with Crippen LogP contribution >= 0.6 is 0 Å². The number of rotatable bonds is 1. The van der Waals surface area contributed by atoms with Crippen molar-refractivity contribution < 1.29 is 4.42 Å². The lowest BCUT2D eigenvalue weighted by Gasteiger charge is -2.57. The van der Waals surface area contributed by atoms with Gasteiger partial charge in [0.05, 0.1) is 0 Å². The summed E-state index contributed by atoms with van der Waals surface area (Å²) in [4.78, 5) is 0. The summed E-state index contributed by atoms with van der Waals surface area (Å²) in [6.07, 6.45) is 13.6. The van der Waals surface area contributed by atoms with Gasteiger partial charge in [-0.2, -0.15) is 0 Å². The van der Waals surface area contributed by atoms with Crippen LogP contribution in [0, 0.1) is 17.8 Å². The lowest BCUT2D eigenvalue weighted by molar-refractivity contribution is -0.00535. The molecule has 2 N–H and O–H groups in total. The highest BCUT2D eigenvalue weighted by atomic mass is 16.4. The normalized spacial score (nSPS) is 41.9. The molecule has 4 fully saturated rings.